The van der Waals surface area contributed by atoms with E-state index in [9.17, 15) is 9.59 Å². The van der Waals surface area contributed by atoms with E-state index in [1.54, 1.807) is 18.2 Å². The maximum atomic E-state index is 12.0. The van der Waals surface area contributed by atoms with Crippen LogP contribution >= 0.6 is 11.6 Å². The van der Waals surface area contributed by atoms with Gasteiger partial charge >= 0.3 is 6.09 Å². The number of amides is 2. The first-order valence-electron chi connectivity index (χ1n) is 6.40. The summed E-state index contributed by atoms with van der Waals surface area (Å²) in [6.07, 6.45) is 0.620. The van der Waals surface area contributed by atoms with E-state index >= 15 is 0 Å². The Hall–Kier alpha value is -2.81. The van der Waals surface area contributed by atoms with Gasteiger partial charge in [0.05, 0.1) is 26.1 Å². The lowest BCUT2D eigenvalue weighted by Crippen LogP contribution is -2.21. The number of benzene rings is 1. The molecule has 0 atom stereocenters. The molecule has 2 N–H and O–H groups in total. The van der Waals surface area contributed by atoms with Crippen LogP contribution in [0.5, 0.6) is 5.75 Å². The number of anilines is 2. The zero-order valence-electron chi connectivity index (χ0n) is 12.4. The highest BCUT2D eigenvalue weighted by Crippen LogP contribution is 2.27. The number of carbonyl (C=O) groups excluding carboxylic acids is 2. The van der Waals surface area contributed by atoms with E-state index in [0.29, 0.717) is 16.5 Å². The molecule has 0 unspecified atom stereocenters. The van der Waals surface area contributed by atoms with Crippen LogP contribution in [0.3, 0.4) is 0 Å². The maximum absolute atomic E-state index is 12.0. The number of nitrogens with one attached hydrogen (secondary N) is 2. The van der Waals surface area contributed by atoms with Crippen molar-refractivity contribution in [1.29, 1.82) is 0 Å². The number of hydrogen-bond acceptors (Lipinski definition) is 6. The molecule has 1 aromatic heterocycles. The first-order chi connectivity index (χ1) is 11.0. The molecule has 0 aliphatic heterocycles. The highest BCUT2D eigenvalue weighted by Gasteiger charge is 2.11. The minimum atomic E-state index is -0.676. The molecule has 2 aromatic rings. The maximum Gasteiger partial charge on any atom is 0.412 e. The van der Waals surface area contributed by atoms with E-state index < -0.39 is 6.09 Å². The van der Waals surface area contributed by atoms with Crippen LogP contribution in [0, 0.1) is 0 Å². The summed E-state index contributed by atoms with van der Waals surface area (Å²) in [4.78, 5) is 24.2. The number of methoxy groups -OCH3 is 2. The van der Waals surface area contributed by atoms with Crippen LogP contribution in [0.1, 0.15) is 0 Å². The molecule has 1 aromatic carbocycles. The van der Waals surface area contributed by atoms with Crippen molar-refractivity contribution in [3.63, 3.8) is 0 Å². The SMILES string of the molecule is COC(=O)Nc1cnn(CC(=O)Nc2cc(Cl)ccc2OC)n1. The van der Waals surface area contributed by atoms with Gasteiger partial charge in [-0.3, -0.25) is 10.1 Å². The van der Waals surface area contributed by atoms with Crippen LogP contribution < -0.4 is 15.4 Å². The second kappa shape index (κ2) is 7.45. The summed E-state index contributed by atoms with van der Waals surface area (Å²) in [5.74, 6) is 0.264. The van der Waals surface area contributed by atoms with Crippen molar-refractivity contribution >= 4 is 35.1 Å². The van der Waals surface area contributed by atoms with Gasteiger partial charge in [0.15, 0.2) is 5.82 Å². The lowest BCUT2D eigenvalue weighted by atomic mass is 10.3. The molecule has 0 aliphatic carbocycles. The fourth-order valence-electron chi connectivity index (χ4n) is 1.68. The molecule has 0 radical (unpaired) electrons. The Bertz CT molecular complexity index is 718. The number of halogens is 1. The van der Waals surface area contributed by atoms with Gasteiger partial charge in [-0.05, 0) is 18.2 Å². The molecule has 9 nitrogen and oxygen atoms in total. The fourth-order valence-corrected chi connectivity index (χ4v) is 1.85. The smallest absolute Gasteiger partial charge is 0.412 e. The Balaban J connectivity index is 2.00. The van der Waals surface area contributed by atoms with Crippen LogP contribution in [0.25, 0.3) is 0 Å². The lowest BCUT2D eigenvalue weighted by Gasteiger charge is -2.10. The van der Waals surface area contributed by atoms with Crippen LogP contribution in [0.2, 0.25) is 5.02 Å². The van der Waals surface area contributed by atoms with Gasteiger partial charge in [-0.25, -0.2) is 4.79 Å². The molecule has 0 saturated heterocycles. The van der Waals surface area contributed by atoms with E-state index in [1.165, 1.54) is 20.4 Å². The Labute approximate surface area is 136 Å². The van der Waals surface area contributed by atoms with Crippen molar-refractivity contribution in [2.75, 3.05) is 24.9 Å². The quantitative estimate of drug-likeness (QED) is 0.859. The topological polar surface area (TPSA) is 107 Å². The second-order valence-corrected chi connectivity index (χ2v) is 4.71. The molecule has 0 bridgehead atoms. The van der Waals surface area contributed by atoms with Gasteiger partial charge in [0.1, 0.15) is 12.3 Å². The lowest BCUT2D eigenvalue weighted by molar-refractivity contribution is -0.117. The first-order valence-corrected chi connectivity index (χ1v) is 6.78. The average molecular weight is 340 g/mol. The molecule has 0 fully saturated rings. The van der Waals surface area contributed by atoms with Crippen LogP contribution in [-0.2, 0) is 16.1 Å². The highest BCUT2D eigenvalue weighted by molar-refractivity contribution is 6.31. The van der Waals surface area contributed by atoms with E-state index in [-0.39, 0.29) is 18.3 Å². The van der Waals surface area contributed by atoms with Crippen LogP contribution in [0.4, 0.5) is 16.3 Å². The van der Waals surface area contributed by atoms with E-state index in [0.717, 1.165) is 4.80 Å². The largest absolute Gasteiger partial charge is 0.495 e. The van der Waals surface area contributed by atoms with Gasteiger partial charge < -0.3 is 14.8 Å². The number of carbonyl (C=O) groups is 2. The predicted octanol–water partition coefficient (Wildman–Crippen LogP) is 1.76. The number of hydrogen-bond donors (Lipinski definition) is 2. The van der Waals surface area contributed by atoms with Crippen molar-refractivity contribution < 1.29 is 19.1 Å². The third-order valence-electron chi connectivity index (χ3n) is 2.67. The average Bonchev–Trinajstić information content (AvgIpc) is 2.94. The number of rotatable bonds is 5. The Morgan fingerprint density at radius 1 is 1.30 bits per heavy atom. The Morgan fingerprint density at radius 2 is 2.09 bits per heavy atom. The number of nitrogens with zero attached hydrogens (tertiary/aromatic N) is 3. The molecule has 0 spiro atoms. The summed E-state index contributed by atoms with van der Waals surface area (Å²) in [7, 11) is 2.71. The van der Waals surface area contributed by atoms with Gasteiger partial charge in [-0.15, -0.1) is 5.10 Å². The first kappa shape index (κ1) is 16.6. The molecule has 1 heterocycles. The van der Waals surface area contributed by atoms with Crippen molar-refractivity contribution in [1.82, 2.24) is 15.0 Å². The summed E-state index contributed by atoms with van der Waals surface area (Å²) in [6, 6.07) is 4.86. The monoisotopic (exact) mass is 339 g/mol. The Kier molecular flexibility index (Phi) is 5.36. The van der Waals surface area contributed by atoms with Crippen LogP contribution in [0.15, 0.2) is 24.4 Å². The van der Waals surface area contributed by atoms with E-state index in [4.69, 9.17) is 16.3 Å². The molecule has 23 heavy (non-hydrogen) atoms. The van der Waals surface area contributed by atoms with Gasteiger partial charge in [0.2, 0.25) is 5.91 Å². The third-order valence-corrected chi connectivity index (χ3v) is 2.91. The molecule has 122 valence electrons. The summed E-state index contributed by atoms with van der Waals surface area (Å²) in [6.45, 7) is -0.154. The summed E-state index contributed by atoms with van der Waals surface area (Å²) in [5.41, 5.74) is 0.435. The molecular weight excluding hydrogens is 326 g/mol. The van der Waals surface area contributed by atoms with Crippen molar-refractivity contribution in [3.05, 3.63) is 29.4 Å². The minimum Gasteiger partial charge on any atom is -0.495 e. The second-order valence-electron chi connectivity index (χ2n) is 4.27. The standard InChI is InChI=1S/C13H14ClN5O4/c1-22-10-4-3-8(14)5-9(10)16-12(20)7-19-15-6-11(18-19)17-13(21)23-2/h3-6H,7H2,1-2H3,(H,16,20)(H,17,18,21). The zero-order chi connectivity index (χ0) is 16.8. The molecule has 0 saturated carbocycles. The Morgan fingerprint density at radius 3 is 2.78 bits per heavy atom. The zero-order valence-corrected chi connectivity index (χ0v) is 13.1. The van der Waals surface area contributed by atoms with Gasteiger partial charge in [0.25, 0.3) is 0 Å². The van der Waals surface area contributed by atoms with Crippen LogP contribution in [-0.4, -0.2) is 41.2 Å². The number of ether oxygens (including phenoxy) is 2. The summed E-state index contributed by atoms with van der Waals surface area (Å²) in [5, 5.41) is 13.2. The number of aromatic nitrogens is 3. The summed E-state index contributed by atoms with van der Waals surface area (Å²) >= 11 is 5.89. The van der Waals surface area contributed by atoms with Crippen molar-refractivity contribution in [2.45, 2.75) is 6.54 Å². The molecule has 2 rings (SSSR count). The normalized spacial score (nSPS) is 10.0. The van der Waals surface area contributed by atoms with Gasteiger partial charge in [0, 0.05) is 5.02 Å². The minimum absolute atomic E-state index is 0.154. The summed E-state index contributed by atoms with van der Waals surface area (Å²) < 4.78 is 9.57. The van der Waals surface area contributed by atoms with E-state index in [1.807, 2.05) is 0 Å². The molecule has 0 aliphatic rings. The fraction of sp³-hybridized carbons (Fsp3) is 0.231. The molecule has 2 amide bonds. The third kappa shape index (κ3) is 4.58. The van der Waals surface area contributed by atoms with Crippen molar-refractivity contribution in [3.8, 4) is 5.75 Å². The van der Waals surface area contributed by atoms with Gasteiger partial charge in [-0.1, -0.05) is 11.6 Å². The highest BCUT2D eigenvalue weighted by atomic mass is 35.5. The molecular formula is C13H14ClN5O4. The predicted molar refractivity (Wildman–Crippen MR) is 82.7 cm³/mol. The molecule has 10 heteroatoms. The van der Waals surface area contributed by atoms with Crippen molar-refractivity contribution in [2.24, 2.45) is 0 Å². The van der Waals surface area contributed by atoms with E-state index in [2.05, 4.69) is 25.6 Å². The van der Waals surface area contributed by atoms with Gasteiger partial charge in [-0.2, -0.15) is 9.90 Å².